The highest BCUT2D eigenvalue weighted by atomic mass is 16.3. The van der Waals surface area contributed by atoms with Gasteiger partial charge in [0.15, 0.2) is 0 Å². The highest BCUT2D eigenvalue weighted by molar-refractivity contribution is 5.78. The molecule has 94 valence electrons. The van der Waals surface area contributed by atoms with E-state index in [9.17, 15) is 15.0 Å². The van der Waals surface area contributed by atoms with Gasteiger partial charge >= 0.3 is 0 Å². The van der Waals surface area contributed by atoms with Crippen LogP contribution in [0.1, 0.15) is 30.6 Å². The fourth-order valence-electron chi connectivity index (χ4n) is 1.73. The number of ketones is 1. The summed E-state index contributed by atoms with van der Waals surface area (Å²) < 4.78 is 0. The van der Waals surface area contributed by atoms with Crippen LogP contribution in [0, 0.1) is 0 Å². The van der Waals surface area contributed by atoms with Crippen LogP contribution in [0.25, 0.3) is 0 Å². The van der Waals surface area contributed by atoms with Crippen LogP contribution < -0.4 is 5.73 Å². The third kappa shape index (κ3) is 4.26. The summed E-state index contributed by atoms with van der Waals surface area (Å²) >= 11 is 0. The van der Waals surface area contributed by atoms with Gasteiger partial charge in [0.05, 0.1) is 6.10 Å². The average Bonchev–Trinajstić information content (AvgIpc) is 2.28. The molecule has 1 rings (SSSR count). The van der Waals surface area contributed by atoms with Crippen molar-refractivity contribution in [3.63, 3.8) is 0 Å². The van der Waals surface area contributed by atoms with Crippen LogP contribution in [-0.4, -0.2) is 28.6 Å². The van der Waals surface area contributed by atoms with Crippen molar-refractivity contribution < 1.29 is 15.0 Å². The van der Waals surface area contributed by atoms with Crippen molar-refractivity contribution >= 4 is 5.78 Å². The topological polar surface area (TPSA) is 83.5 Å². The van der Waals surface area contributed by atoms with Crippen LogP contribution >= 0.6 is 0 Å². The molecule has 1 aromatic carbocycles. The van der Waals surface area contributed by atoms with Crippen LogP contribution in [0.4, 0.5) is 0 Å². The van der Waals surface area contributed by atoms with Crippen molar-refractivity contribution in [1.82, 2.24) is 0 Å². The Morgan fingerprint density at radius 2 is 2.12 bits per heavy atom. The molecule has 1 aromatic rings. The molecule has 0 fully saturated rings. The van der Waals surface area contributed by atoms with Crippen LogP contribution in [0.3, 0.4) is 0 Å². The Bertz CT molecular complexity index is 379. The van der Waals surface area contributed by atoms with E-state index in [0.29, 0.717) is 24.9 Å². The summed E-state index contributed by atoms with van der Waals surface area (Å²) in [5, 5.41) is 19.5. The van der Waals surface area contributed by atoms with Crippen molar-refractivity contribution in [3.05, 3.63) is 35.4 Å². The zero-order chi connectivity index (χ0) is 12.8. The molecule has 17 heavy (non-hydrogen) atoms. The number of hydrogen-bond acceptors (Lipinski definition) is 4. The minimum atomic E-state index is -0.953. The molecule has 0 aliphatic rings. The van der Waals surface area contributed by atoms with Gasteiger partial charge in [-0.15, -0.1) is 0 Å². The largest absolute Gasteiger partial charge is 0.390 e. The van der Waals surface area contributed by atoms with Gasteiger partial charge in [0.2, 0.25) is 0 Å². The molecule has 2 unspecified atom stereocenters. The first-order chi connectivity index (χ1) is 8.04. The fraction of sp³-hybridized carbons (Fsp3) is 0.462. The van der Waals surface area contributed by atoms with E-state index in [-0.39, 0.29) is 5.78 Å². The second-order valence-corrected chi connectivity index (χ2v) is 4.21. The lowest BCUT2D eigenvalue weighted by Crippen LogP contribution is -2.21. The lowest BCUT2D eigenvalue weighted by Gasteiger charge is -2.18. The van der Waals surface area contributed by atoms with Crippen molar-refractivity contribution in [1.29, 1.82) is 0 Å². The van der Waals surface area contributed by atoms with Gasteiger partial charge in [0, 0.05) is 6.42 Å². The quantitative estimate of drug-likeness (QED) is 0.675. The first kappa shape index (κ1) is 13.8. The van der Waals surface area contributed by atoms with Gasteiger partial charge in [-0.1, -0.05) is 24.3 Å². The minimum absolute atomic E-state index is 0.0687. The number of rotatable bonds is 6. The Labute approximate surface area is 101 Å². The molecular weight excluding hydrogens is 218 g/mol. The molecule has 0 spiro atoms. The first-order valence-electron chi connectivity index (χ1n) is 5.69. The van der Waals surface area contributed by atoms with Crippen molar-refractivity contribution in [3.8, 4) is 0 Å². The van der Waals surface area contributed by atoms with E-state index in [1.807, 2.05) is 6.07 Å². The normalized spacial score (nSPS) is 14.4. The molecule has 0 saturated carbocycles. The molecule has 4 heteroatoms. The lowest BCUT2D eigenvalue weighted by atomic mass is 9.98. The van der Waals surface area contributed by atoms with Gasteiger partial charge in [-0.25, -0.2) is 0 Å². The number of aliphatic hydroxyl groups is 2. The van der Waals surface area contributed by atoms with Gasteiger partial charge in [0.1, 0.15) is 11.9 Å². The Morgan fingerprint density at radius 3 is 2.71 bits per heavy atom. The number of aliphatic hydroxyl groups excluding tert-OH is 2. The summed E-state index contributed by atoms with van der Waals surface area (Å²) in [5.74, 6) is 0.0687. The van der Waals surface area contributed by atoms with Crippen molar-refractivity contribution in [2.75, 3.05) is 6.54 Å². The molecule has 4 N–H and O–H groups in total. The van der Waals surface area contributed by atoms with E-state index in [0.717, 1.165) is 5.56 Å². The zero-order valence-corrected chi connectivity index (χ0v) is 9.97. The molecule has 0 aliphatic carbocycles. The highest BCUT2D eigenvalue weighted by Crippen LogP contribution is 2.20. The molecule has 0 aliphatic heterocycles. The van der Waals surface area contributed by atoms with Crippen molar-refractivity contribution in [2.24, 2.45) is 5.73 Å². The van der Waals surface area contributed by atoms with E-state index in [2.05, 4.69) is 0 Å². The predicted molar refractivity (Wildman–Crippen MR) is 65.5 cm³/mol. The second kappa shape index (κ2) is 6.49. The lowest BCUT2D eigenvalue weighted by molar-refractivity contribution is -0.116. The summed E-state index contributed by atoms with van der Waals surface area (Å²) in [6.07, 6.45) is -1.14. The number of hydrogen-bond donors (Lipinski definition) is 3. The van der Waals surface area contributed by atoms with Gasteiger partial charge in [-0.2, -0.15) is 0 Å². The SMILES string of the molecule is CC(=O)Cc1cccc(C(O)C(O)CCN)c1. The summed E-state index contributed by atoms with van der Waals surface area (Å²) in [4.78, 5) is 11.0. The summed E-state index contributed by atoms with van der Waals surface area (Å²) in [5.41, 5.74) is 6.78. The average molecular weight is 237 g/mol. The zero-order valence-electron chi connectivity index (χ0n) is 9.97. The number of benzene rings is 1. The van der Waals surface area contributed by atoms with Gasteiger partial charge in [-0.05, 0) is 31.0 Å². The Morgan fingerprint density at radius 1 is 1.41 bits per heavy atom. The number of carbonyl (C=O) groups is 1. The standard InChI is InChI=1S/C13H19NO3/c1-9(15)7-10-3-2-4-11(8-10)13(17)12(16)5-6-14/h2-4,8,12-13,16-17H,5-7,14H2,1H3. The molecule has 0 radical (unpaired) electrons. The van der Waals surface area contributed by atoms with Gasteiger partial charge in [0.25, 0.3) is 0 Å². The van der Waals surface area contributed by atoms with E-state index < -0.39 is 12.2 Å². The highest BCUT2D eigenvalue weighted by Gasteiger charge is 2.17. The number of nitrogens with two attached hydrogens (primary N) is 1. The number of carbonyl (C=O) groups excluding carboxylic acids is 1. The van der Waals surface area contributed by atoms with Crippen LogP contribution in [-0.2, 0) is 11.2 Å². The summed E-state index contributed by atoms with van der Waals surface area (Å²) in [7, 11) is 0. The molecule has 0 bridgehead atoms. The monoisotopic (exact) mass is 237 g/mol. The summed E-state index contributed by atoms with van der Waals surface area (Å²) in [6.45, 7) is 1.84. The van der Waals surface area contributed by atoms with Gasteiger partial charge < -0.3 is 15.9 Å². The minimum Gasteiger partial charge on any atom is -0.390 e. The fourth-order valence-corrected chi connectivity index (χ4v) is 1.73. The first-order valence-corrected chi connectivity index (χ1v) is 5.69. The molecule has 0 aromatic heterocycles. The smallest absolute Gasteiger partial charge is 0.134 e. The second-order valence-electron chi connectivity index (χ2n) is 4.21. The van der Waals surface area contributed by atoms with Crippen LogP contribution in [0.2, 0.25) is 0 Å². The number of Topliss-reactive ketones (excluding diaryl/α,β-unsaturated/α-hetero) is 1. The van der Waals surface area contributed by atoms with Gasteiger partial charge in [-0.3, -0.25) is 4.79 Å². The maximum absolute atomic E-state index is 11.0. The molecule has 0 amide bonds. The van der Waals surface area contributed by atoms with Crippen LogP contribution in [0.15, 0.2) is 24.3 Å². The predicted octanol–water partition coefficient (Wildman–Crippen LogP) is 0.561. The van der Waals surface area contributed by atoms with Crippen LogP contribution in [0.5, 0.6) is 0 Å². The van der Waals surface area contributed by atoms with E-state index in [1.54, 1.807) is 18.2 Å². The molecular formula is C13H19NO3. The summed E-state index contributed by atoms with van der Waals surface area (Å²) in [6, 6.07) is 7.07. The molecule has 0 heterocycles. The van der Waals surface area contributed by atoms with Crippen molar-refractivity contribution in [2.45, 2.75) is 32.0 Å². The third-order valence-electron chi connectivity index (χ3n) is 2.57. The molecule has 2 atom stereocenters. The Hall–Kier alpha value is -1.23. The van der Waals surface area contributed by atoms with E-state index in [1.165, 1.54) is 6.92 Å². The van der Waals surface area contributed by atoms with E-state index >= 15 is 0 Å². The molecule has 0 saturated heterocycles. The molecule has 4 nitrogen and oxygen atoms in total. The Kier molecular flexibility index (Phi) is 5.28. The maximum Gasteiger partial charge on any atom is 0.134 e. The Balaban J connectivity index is 2.79. The third-order valence-corrected chi connectivity index (χ3v) is 2.57. The maximum atomic E-state index is 11.0. The van der Waals surface area contributed by atoms with E-state index in [4.69, 9.17) is 5.73 Å².